The molecule has 1 amide bonds. The molecule has 0 heterocycles. The van der Waals surface area contributed by atoms with Crippen molar-refractivity contribution in [3.05, 3.63) is 46.5 Å². The van der Waals surface area contributed by atoms with Crippen molar-refractivity contribution in [2.45, 2.75) is 51.0 Å². The first kappa shape index (κ1) is 15.2. The van der Waals surface area contributed by atoms with Crippen LogP contribution >= 0.6 is 0 Å². The molecule has 2 aromatic rings. The Balaban J connectivity index is 1.80. The van der Waals surface area contributed by atoms with Crippen molar-refractivity contribution in [3.63, 3.8) is 0 Å². The Labute approximate surface area is 140 Å². The summed E-state index contributed by atoms with van der Waals surface area (Å²) < 4.78 is 0. The molecule has 0 bridgehead atoms. The highest BCUT2D eigenvalue weighted by atomic mass is 16.4. The summed E-state index contributed by atoms with van der Waals surface area (Å²) in [6.07, 6.45) is 7.39. The SMILES string of the molecule is O=C(O)c1ccc2c3c(ccc(C(=O)NC4CCCCC4)c13)CC2. The maximum Gasteiger partial charge on any atom is 0.336 e. The standard InChI is InChI=1S/C20H21NO3/c22-19(21-14-4-2-1-3-5-14)15-10-8-12-6-7-13-9-11-16(20(23)24)18(15)17(12)13/h8-11,14H,1-7H2,(H,21,22)(H,23,24). The Morgan fingerprint density at radius 2 is 1.50 bits per heavy atom. The van der Waals surface area contributed by atoms with Gasteiger partial charge in [-0.05, 0) is 54.3 Å². The van der Waals surface area contributed by atoms with Crippen LogP contribution in [0.3, 0.4) is 0 Å². The highest BCUT2D eigenvalue weighted by molar-refractivity contribution is 6.16. The van der Waals surface area contributed by atoms with Crippen LogP contribution < -0.4 is 5.32 Å². The number of aryl methyl sites for hydroxylation is 2. The number of hydrogen-bond acceptors (Lipinski definition) is 2. The zero-order chi connectivity index (χ0) is 16.7. The zero-order valence-corrected chi connectivity index (χ0v) is 13.6. The van der Waals surface area contributed by atoms with E-state index in [1.54, 1.807) is 12.1 Å². The number of rotatable bonds is 3. The second kappa shape index (κ2) is 5.93. The second-order valence-electron chi connectivity index (χ2n) is 6.91. The van der Waals surface area contributed by atoms with Crippen molar-refractivity contribution >= 4 is 22.6 Å². The molecule has 0 atom stereocenters. The van der Waals surface area contributed by atoms with Crippen LogP contribution in [0, 0.1) is 0 Å². The molecule has 0 aliphatic heterocycles. The quantitative estimate of drug-likeness (QED) is 0.905. The highest BCUT2D eigenvalue weighted by Gasteiger charge is 2.25. The first-order chi connectivity index (χ1) is 11.6. The lowest BCUT2D eigenvalue weighted by Gasteiger charge is -2.23. The molecule has 4 heteroatoms. The number of benzene rings is 2. The van der Waals surface area contributed by atoms with Crippen LogP contribution in [0.1, 0.15) is 63.9 Å². The molecule has 4 rings (SSSR count). The van der Waals surface area contributed by atoms with Gasteiger partial charge < -0.3 is 10.4 Å². The minimum absolute atomic E-state index is 0.139. The Hall–Kier alpha value is -2.36. The normalized spacial score (nSPS) is 17.2. The molecule has 1 saturated carbocycles. The molecule has 4 nitrogen and oxygen atoms in total. The van der Waals surface area contributed by atoms with Crippen LogP contribution in [0.5, 0.6) is 0 Å². The molecule has 0 radical (unpaired) electrons. The Morgan fingerprint density at radius 1 is 0.875 bits per heavy atom. The van der Waals surface area contributed by atoms with E-state index in [0.29, 0.717) is 10.9 Å². The summed E-state index contributed by atoms with van der Waals surface area (Å²) in [5.74, 6) is -1.11. The molecular formula is C20H21NO3. The van der Waals surface area contributed by atoms with Crippen molar-refractivity contribution in [2.75, 3.05) is 0 Å². The van der Waals surface area contributed by atoms with E-state index in [2.05, 4.69) is 5.32 Å². The van der Waals surface area contributed by atoms with Gasteiger partial charge in [0.1, 0.15) is 0 Å². The number of amides is 1. The van der Waals surface area contributed by atoms with Crippen molar-refractivity contribution in [1.29, 1.82) is 0 Å². The van der Waals surface area contributed by atoms with Gasteiger partial charge >= 0.3 is 5.97 Å². The summed E-state index contributed by atoms with van der Waals surface area (Å²) in [5.41, 5.74) is 3.03. The molecule has 2 aliphatic rings. The van der Waals surface area contributed by atoms with E-state index in [1.165, 1.54) is 6.42 Å². The molecule has 2 aromatic carbocycles. The van der Waals surface area contributed by atoms with E-state index in [-0.39, 0.29) is 17.5 Å². The molecule has 0 unspecified atom stereocenters. The number of carbonyl (C=O) groups excluding carboxylic acids is 1. The van der Waals surface area contributed by atoms with Crippen LogP contribution in [0.15, 0.2) is 24.3 Å². The molecule has 0 aromatic heterocycles. The Kier molecular flexibility index (Phi) is 3.75. The first-order valence-electron chi connectivity index (χ1n) is 8.77. The molecule has 2 N–H and O–H groups in total. The maximum atomic E-state index is 12.8. The Morgan fingerprint density at radius 3 is 2.12 bits per heavy atom. The molecule has 0 saturated heterocycles. The first-order valence-corrected chi connectivity index (χ1v) is 8.77. The predicted molar refractivity (Wildman–Crippen MR) is 92.7 cm³/mol. The third-order valence-electron chi connectivity index (χ3n) is 5.41. The van der Waals surface area contributed by atoms with Crippen molar-refractivity contribution in [1.82, 2.24) is 5.32 Å². The molecule has 24 heavy (non-hydrogen) atoms. The minimum Gasteiger partial charge on any atom is -0.478 e. The van der Waals surface area contributed by atoms with E-state index in [0.717, 1.165) is 55.0 Å². The maximum absolute atomic E-state index is 12.8. The van der Waals surface area contributed by atoms with E-state index in [9.17, 15) is 14.7 Å². The number of carbonyl (C=O) groups is 2. The van der Waals surface area contributed by atoms with Crippen molar-refractivity contribution < 1.29 is 14.7 Å². The van der Waals surface area contributed by atoms with Crippen molar-refractivity contribution in [3.8, 4) is 0 Å². The minimum atomic E-state index is -0.975. The van der Waals surface area contributed by atoms with Crippen LogP contribution in [-0.2, 0) is 12.8 Å². The lowest BCUT2D eigenvalue weighted by molar-refractivity contribution is 0.0699. The number of hydrogen-bond donors (Lipinski definition) is 2. The van der Waals surface area contributed by atoms with Gasteiger partial charge in [-0.2, -0.15) is 0 Å². The Bertz CT molecular complexity index is 824. The number of carboxylic acids is 1. The molecule has 1 fully saturated rings. The number of aromatic carboxylic acids is 1. The summed E-state index contributed by atoms with van der Waals surface area (Å²) >= 11 is 0. The monoisotopic (exact) mass is 323 g/mol. The van der Waals surface area contributed by atoms with Crippen molar-refractivity contribution in [2.24, 2.45) is 0 Å². The molecule has 124 valence electrons. The summed E-state index contributed by atoms with van der Waals surface area (Å²) in [7, 11) is 0. The third-order valence-corrected chi connectivity index (χ3v) is 5.41. The van der Waals surface area contributed by atoms with Gasteiger partial charge in [0.05, 0.1) is 5.56 Å². The summed E-state index contributed by atoms with van der Waals surface area (Å²) in [6.45, 7) is 0. The fourth-order valence-corrected chi connectivity index (χ4v) is 4.21. The molecular weight excluding hydrogens is 302 g/mol. The van der Waals surface area contributed by atoms with Gasteiger partial charge in [0.25, 0.3) is 5.91 Å². The van der Waals surface area contributed by atoms with Gasteiger partial charge in [0, 0.05) is 17.0 Å². The summed E-state index contributed by atoms with van der Waals surface area (Å²) in [5, 5.41) is 14.3. The lowest BCUT2D eigenvalue weighted by atomic mass is 9.93. The predicted octanol–water partition coefficient (Wildman–Crippen LogP) is 3.70. The number of carboxylic acid groups (broad SMARTS) is 1. The largest absolute Gasteiger partial charge is 0.478 e. The van der Waals surface area contributed by atoms with E-state index in [1.807, 2.05) is 12.1 Å². The molecule has 0 spiro atoms. The summed E-state index contributed by atoms with van der Waals surface area (Å²) in [4.78, 5) is 24.5. The van der Waals surface area contributed by atoms with E-state index >= 15 is 0 Å². The zero-order valence-electron chi connectivity index (χ0n) is 13.6. The summed E-state index contributed by atoms with van der Waals surface area (Å²) in [6, 6.07) is 7.54. The van der Waals surface area contributed by atoms with Crippen LogP contribution in [0.25, 0.3) is 10.8 Å². The second-order valence-corrected chi connectivity index (χ2v) is 6.91. The fraction of sp³-hybridized carbons (Fsp3) is 0.400. The van der Waals surface area contributed by atoms with Gasteiger partial charge in [0.15, 0.2) is 0 Å². The highest BCUT2D eigenvalue weighted by Crippen LogP contribution is 2.35. The molecule has 2 aliphatic carbocycles. The van der Waals surface area contributed by atoms with Gasteiger partial charge in [-0.3, -0.25) is 4.79 Å². The van der Waals surface area contributed by atoms with E-state index < -0.39 is 5.97 Å². The average molecular weight is 323 g/mol. The lowest BCUT2D eigenvalue weighted by Crippen LogP contribution is -2.36. The van der Waals surface area contributed by atoms with Crippen LogP contribution in [0.4, 0.5) is 0 Å². The average Bonchev–Trinajstić information content (AvgIpc) is 3.01. The van der Waals surface area contributed by atoms with Gasteiger partial charge in [-0.25, -0.2) is 4.79 Å². The van der Waals surface area contributed by atoms with Gasteiger partial charge in [0.2, 0.25) is 0 Å². The van der Waals surface area contributed by atoms with Gasteiger partial charge in [-0.1, -0.05) is 31.4 Å². The van der Waals surface area contributed by atoms with Gasteiger partial charge in [-0.15, -0.1) is 0 Å². The van der Waals surface area contributed by atoms with Crippen LogP contribution in [-0.4, -0.2) is 23.0 Å². The third kappa shape index (κ3) is 2.46. The van der Waals surface area contributed by atoms with Crippen LogP contribution in [0.2, 0.25) is 0 Å². The number of nitrogens with one attached hydrogen (secondary N) is 1. The van der Waals surface area contributed by atoms with E-state index in [4.69, 9.17) is 0 Å². The topological polar surface area (TPSA) is 66.4 Å². The fourth-order valence-electron chi connectivity index (χ4n) is 4.21. The smallest absolute Gasteiger partial charge is 0.336 e.